The van der Waals surface area contributed by atoms with Crippen molar-refractivity contribution in [2.24, 2.45) is 0 Å². The fourth-order valence-electron chi connectivity index (χ4n) is 3.98. The predicted octanol–water partition coefficient (Wildman–Crippen LogP) is 3.90. The molecule has 5 rings (SSSR count). The molecule has 8 bridgehead atoms. The summed E-state index contributed by atoms with van der Waals surface area (Å²) >= 11 is 0. The van der Waals surface area contributed by atoms with E-state index in [9.17, 15) is 0 Å². The van der Waals surface area contributed by atoms with Crippen LogP contribution in [0.3, 0.4) is 0 Å². The number of aromatic amines is 2. The van der Waals surface area contributed by atoms with Crippen molar-refractivity contribution >= 4 is 22.1 Å². The molecule has 142 valence electrons. The number of ether oxygens (including phenoxy) is 2. The summed E-state index contributed by atoms with van der Waals surface area (Å²) in [5.74, 6) is 1.61. The highest BCUT2D eigenvalue weighted by Gasteiger charge is 2.15. The van der Waals surface area contributed by atoms with Crippen LogP contribution in [0.4, 0.5) is 0 Å². The number of aromatic nitrogens is 4. The summed E-state index contributed by atoms with van der Waals surface area (Å²) in [6.45, 7) is 0. The number of H-pyrrole nitrogens is 2. The minimum absolute atomic E-state index is 0.804. The van der Waals surface area contributed by atoms with Crippen molar-refractivity contribution in [3.8, 4) is 11.5 Å². The Morgan fingerprint density at radius 3 is 1.57 bits per heavy atom. The summed E-state index contributed by atoms with van der Waals surface area (Å²) in [7, 11) is 3.40. The van der Waals surface area contributed by atoms with Gasteiger partial charge in [-0.3, -0.25) is 9.97 Å². The van der Waals surface area contributed by atoms with Crippen LogP contribution in [0.25, 0.3) is 22.1 Å². The molecule has 0 saturated heterocycles. The third kappa shape index (κ3) is 2.91. The Bertz CT molecular complexity index is 1110. The minimum atomic E-state index is 0.804. The van der Waals surface area contributed by atoms with E-state index in [0.717, 1.165) is 82.0 Å². The number of methoxy groups -OCH3 is 2. The maximum absolute atomic E-state index is 5.69. The smallest absolute Gasteiger partial charge is 0.163 e. The molecule has 2 N–H and O–H groups in total. The fraction of sp³-hybridized carbons (Fsp3) is 0.273. The van der Waals surface area contributed by atoms with Crippen molar-refractivity contribution in [2.45, 2.75) is 25.7 Å². The van der Waals surface area contributed by atoms with E-state index in [-0.39, 0.29) is 0 Å². The first-order valence-corrected chi connectivity index (χ1v) is 9.51. The minimum Gasteiger partial charge on any atom is -0.493 e. The molecule has 0 radical (unpaired) electrons. The van der Waals surface area contributed by atoms with Crippen molar-refractivity contribution in [2.75, 3.05) is 14.2 Å². The average molecular weight is 374 g/mol. The van der Waals surface area contributed by atoms with Crippen molar-refractivity contribution in [1.29, 1.82) is 0 Å². The van der Waals surface area contributed by atoms with Crippen LogP contribution >= 0.6 is 0 Å². The molecule has 3 aromatic heterocycles. The van der Waals surface area contributed by atoms with Gasteiger partial charge in [0.25, 0.3) is 0 Å². The molecule has 2 aliphatic heterocycles. The van der Waals surface area contributed by atoms with E-state index in [1.54, 1.807) is 14.2 Å². The molecule has 0 saturated carbocycles. The number of rotatable bonds is 2. The molecule has 0 fully saturated rings. The van der Waals surface area contributed by atoms with Gasteiger partial charge in [0.2, 0.25) is 0 Å². The van der Waals surface area contributed by atoms with Crippen LogP contribution in [0.2, 0.25) is 0 Å². The second-order valence-electron chi connectivity index (χ2n) is 7.11. The molecular weight excluding hydrogens is 352 g/mol. The van der Waals surface area contributed by atoms with E-state index in [1.165, 1.54) is 0 Å². The number of nitrogens with zero attached hydrogens (tertiary/aromatic N) is 2. The monoisotopic (exact) mass is 374 g/mol. The van der Waals surface area contributed by atoms with Crippen LogP contribution in [-0.4, -0.2) is 34.2 Å². The van der Waals surface area contributed by atoms with Crippen LogP contribution in [0.1, 0.15) is 22.8 Å². The lowest BCUT2D eigenvalue weighted by Crippen LogP contribution is -1.89. The topological polar surface area (TPSA) is 75.8 Å². The number of hydrogen-bond donors (Lipinski definition) is 2. The largest absolute Gasteiger partial charge is 0.493 e. The summed E-state index contributed by atoms with van der Waals surface area (Å²) in [5.41, 5.74) is 7.91. The summed E-state index contributed by atoms with van der Waals surface area (Å²) in [6, 6.07) is 12.4. The zero-order valence-electron chi connectivity index (χ0n) is 16.0. The van der Waals surface area contributed by atoms with Crippen molar-refractivity contribution in [1.82, 2.24) is 19.9 Å². The first-order chi connectivity index (χ1) is 13.7. The Kier molecular flexibility index (Phi) is 4.04. The highest BCUT2D eigenvalue weighted by atomic mass is 16.5. The Hall–Kier alpha value is -3.28. The number of fused-ring (bicyclic) bond motifs is 8. The van der Waals surface area contributed by atoms with E-state index < -0.39 is 0 Å². The van der Waals surface area contributed by atoms with Gasteiger partial charge in [-0.25, -0.2) is 0 Å². The average Bonchev–Trinajstić information content (AvgIpc) is 3.47. The molecule has 28 heavy (non-hydrogen) atoms. The zero-order valence-corrected chi connectivity index (χ0v) is 16.0. The molecule has 3 aromatic rings. The number of nitrogens with one attached hydrogen (secondary N) is 2. The normalized spacial score (nSPS) is 13.5. The van der Waals surface area contributed by atoms with E-state index >= 15 is 0 Å². The van der Waals surface area contributed by atoms with Gasteiger partial charge in [0.05, 0.1) is 36.6 Å². The van der Waals surface area contributed by atoms with E-state index in [1.807, 2.05) is 12.1 Å². The van der Waals surface area contributed by atoms with Crippen LogP contribution in [0, 0.1) is 0 Å². The first kappa shape index (κ1) is 16.9. The molecule has 0 aliphatic carbocycles. The van der Waals surface area contributed by atoms with Gasteiger partial charge in [-0.05, 0) is 62.1 Å². The maximum Gasteiger partial charge on any atom is 0.163 e. The van der Waals surface area contributed by atoms with Crippen LogP contribution < -0.4 is 9.47 Å². The van der Waals surface area contributed by atoms with Gasteiger partial charge in [-0.2, -0.15) is 0 Å². The van der Waals surface area contributed by atoms with Gasteiger partial charge in [0.15, 0.2) is 11.5 Å². The quantitative estimate of drug-likeness (QED) is 0.713. The maximum atomic E-state index is 5.69. The molecule has 2 aliphatic rings. The fourth-order valence-corrected chi connectivity index (χ4v) is 3.98. The molecule has 0 atom stereocenters. The lowest BCUT2D eigenvalue weighted by atomic mass is 10.2. The van der Waals surface area contributed by atoms with Gasteiger partial charge in [0, 0.05) is 22.4 Å². The molecule has 0 spiro atoms. The van der Waals surface area contributed by atoms with E-state index in [2.05, 4.69) is 34.2 Å². The van der Waals surface area contributed by atoms with Crippen molar-refractivity contribution in [3.63, 3.8) is 0 Å². The lowest BCUT2D eigenvalue weighted by Gasteiger charge is -2.00. The van der Waals surface area contributed by atoms with E-state index in [0.29, 0.717) is 0 Å². The van der Waals surface area contributed by atoms with Gasteiger partial charge in [0.1, 0.15) is 0 Å². The third-order valence-electron chi connectivity index (χ3n) is 5.28. The van der Waals surface area contributed by atoms with Crippen molar-refractivity contribution in [3.05, 3.63) is 59.2 Å². The lowest BCUT2D eigenvalue weighted by molar-refractivity contribution is 0.413. The standard InChI is InChI=1S/C22H22N4O2/c1-27-21-17-7-3-13(23-17)11-15-5-9-19(25-15)22(28-2)20-10-6-16(26-20)12-14-4-8-18(21)24-14/h3,6-7,10-12,23,26H,4-5,8-9H2,1-2H3. The Balaban J connectivity index is 1.87. The molecular formula is C22H22N4O2. The molecule has 0 unspecified atom stereocenters. The highest BCUT2D eigenvalue weighted by Crippen LogP contribution is 2.28. The van der Waals surface area contributed by atoms with Crippen LogP contribution in [0.5, 0.6) is 11.5 Å². The second kappa shape index (κ2) is 6.71. The first-order valence-electron chi connectivity index (χ1n) is 9.51. The summed E-state index contributed by atoms with van der Waals surface area (Å²) in [5, 5.41) is 0. The molecule has 0 amide bonds. The number of hydrogen-bond acceptors (Lipinski definition) is 4. The molecule has 0 aromatic carbocycles. The second-order valence-corrected chi connectivity index (χ2v) is 7.11. The summed E-state index contributed by atoms with van der Waals surface area (Å²) < 4.78 is 11.4. The number of aryl methyl sites for hydroxylation is 4. The predicted molar refractivity (Wildman–Crippen MR) is 109 cm³/mol. The van der Waals surface area contributed by atoms with Gasteiger partial charge >= 0.3 is 0 Å². The summed E-state index contributed by atoms with van der Waals surface area (Å²) in [4.78, 5) is 16.5. The van der Waals surface area contributed by atoms with Gasteiger partial charge < -0.3 is 19.4 Å². The van der Waals surface area contributed by atoms with Crippen molar-refractivity contribution < 1.29 is 9.47 Å². The van der Waals surface area contributed by atoms with Gasteiger partial charge in [-0.15, -0.1) is 0 Å². The van der Waals surface area contributed by atoms with Crippen LogP contribution in [0.15, 0.2) is 36.4 Å². The molecule has 6 nitrogen and oxygen atoms in total. The Labute approximate surface area is 162 Å². The van der Waals surface area contributed by atoms with Gasteiger partial charge in [-0.1, -0.05) is 0 Å². The Morgan fingerprint density at radius 1 is 0.679 bits per heavy atom. The zero-order chi connectivity index (χ0) is 19.1. The Morgan fingerprint density at radius 2 is 1.14 bits per heavy atom. The SMILES string of the molecule is COc1c2nc(cc3ccc([nH]3)c(OC)c3nc(cc4ccc1[nH]4)CC3)CC2. The molecule has 5 heterocycles. The van der Waals surface area contributed by atoms with Crippen LogP contribution in [-0.2, 0) is 25.7 Å². The third-order valence-corrected chi connectivity index (χ3v) is 5.28. The highest BCUT2D eigenvalue weighted by molar-refractivity contribution is 5.69. The van der Waals surface area contributed by atoms with E-state index in [4.69, 9.17) is 19.4 Å². The molecule has 6 heteroatoms. The summed E-state index contributed by atoms with van der Waals surface area (Å²) in [6.07, 6.45) is 3.50.